The molecule has 7 nitrogen and oxygen atoms in total. The van der Waals surface area contributed by atoms with Crippen molar-refractivity contribution in [3.8, 4) is 5.88 Å². The first-order valence-corrected chi connectivity index (χ1v) is 8.29. The number of imidazole rings is 1. The molecule has 1 saturated heterocycles. The first kappa shape index (κ1) is 16.7. The van der Waals surface area contributed by atoms with Crippen molar-refractivity contribution in [2.24, 2.45) is 0 Å². The van der Waals surface area contributed by atoms with E-state index in [1.165, 1.54) is 0 Å². The molecule has 0 bridgehead atoms. The predicted octanol–water partition coefficient (Wildman–Crippen LogP) is 2.57. The quantitative estimate of drug-likeness (QED) is 0.907. The van der Waals surface area contributed by atoms with Crippen molar-refractivity contribution in [1.82, 2.24) is 19.9 Å². The number of anilines is 1. The SMILES string of the molecule is CO[C@@H]1C[C@@H](c2nc(C)c(C)[nH]2)N(c2cc(OC(C)C)ncn2)C1. The number of aromatic nitrogens is 4. The fraction of sp³-hybridized carbons (Fsp3) is 0.588. The number of methoxy groups -OCH3 is 1. The number of aromatic amines is 1. The second-order valence-corrected chi connectivity index (χ2v) is 6.48. The number of hydrogen-bond donors (Lipinski definition) is 1. The highest BCUT2D eigenvalue weighted by Gasteiger charge is 2.36. The fourth-order valence-corrected chi connectivity index (χ4v) is 3.01. The topological polar surface area (TPSA) is 76.2 Å². The highest BCUT2D eigenvalue weighted by atomic mass is 16.5. The number of H-pyrrole nitrogens is 1. The minimum Gasteiger partial charge on any atom is -0.475 e. The molecule has 0 aromatic carbocycles. The molecule has 2 aromatic heterocycles. The van der Waals surface area contributed by atoms with Gasteiger partial charge in [-0.05, 0) is 27.7 Å². The Morgan fingerprint density at radius 2 is 2.08 bits per heavy atom. The lowest BCUT2D eigenvalue weighted by molar-refractivity contribution is 0.118. The van der Waals surface area contributed by atoms with Crippen LogP contribution in [0.1, 0.15) is 43.5 Å². The van der Waals surface area contributed by atoms with Crippen molar-refractivity contribution in [1.29, 1.82) is 0 Å². The number of rotatable bonds is 5. The number of hydrogen-bond acceptors (Lipinski definition) is 6. The van der Waals surface area contributed by atoms with E-state index in [0.29, 0.717) is 5.88 Å². The summed E-state index contributed by atoms with van der Waals surface area (Å²) in [5, 5.41) is 0. The molecule has 3 heterocycles. The maximum Gasteiger partial charge on any atom is 0.218 e. The Hall–Kier alpha value is -2.15. The van der Waals surface area contributed by atoms with Gasteiger partial charge in [-0.2, -0.15) is 0 Å². The van der Waals surface area contributed by atoms with Crippen LogP contribution in [-0.4, -0.2) is 45.8 Å². The van der Waals surface area contributed by atoms with E-state index in [1.54, 1.807) is 13.4 Å². The van der Waals surface area contributed by atoms with Gasteiger partial charge in [0.25, 0.3) is 0 Å². The first-order chi connectivity index (χ1) is 11.5. The smallest absolute Gasteiger partial charge is 0.218 e. The molecule has 0 amide bonds. The molecule has 0 saturated carbocycles. The normalized spacial score (nSPS) is 20.8. The molecule has 3 rings (SSSR count). The zero-order valence-corrected chi connectivity index (χ0v) is 14.9. The number of nitrogens with one attached hydrogen (secondary N) is 1. The van der Waals surface area contributed by atoms with Gasteiger partial charge in [-0.3, -0.25) is 0 Å². The maximum absolute atomic E-state index is 5.70. The molecule has 1 N–H and O–H groups in total. The highest BCUT2D eigenvalue weighted by Crippen LogP contribution is 2.36. The van der Waals surface area contributed by atoms with Gasteiger partial charge < -0.3 is 19.4 Å². The molecule has 24 heavy (non-hydrogen) atoms. The zero-order chi connectivity index (χ0) is 17.3. The lowest BCUT2D eigenvalue weighted by atomic mass is 10.2. The van der Waals surface area contributed by atoms with Gasteiger partial charge in [-0.25, -0.2) is 15.0 Å². The fourth-order valence-electron chi connectivity index (χ4n) is 3.01. The van der Waals surface area contributed by atoms with Gasteiger partial charge in [0.15, 0.2) is 0 Å². The molecule has 1 aliphatic heterocycles. The average molecular weight is 331 g/mol. The Kier molecular flexibility index (Phi) is 4.71. The molecule has 130 valence electrons. The molecular formula is C17H25N5O2. The minimum absolute atomic E-state index is 0.0734. The standard InChI is InChI=1S/C17H25N5O2/c1-10(2)24-16-7-15(18-9-19-16)22-8-13(23-5)6-14(22)17-20-11(3)12(4)21-17/h7,9-10,13-14H,6,8H2,1-5H3,(H,20,21)/t13-,14+/m1/s1. The molecule has 2 aromatic rings. The summed E-state index contributed by atoms with van der Waals surface area (Å²) in [5.74, 6) is 2.37. The summed E-state index contributed by atoms with van der Waals surface area (Å²) >= 11 is 0. The Balaban J connectivity index is 1.91. The monoisotopic (exact) mass is 331 g/mol. The van der Waals surface area contributed by atoms with Crippen LogP contribution in [-0.2, 0) is 4.74 Å². The van der Waals surface area contributed by atoms with Gasteiger partial charge in [0.2, 0.25) is 5.88 Å². The summed E-state index contributed by atoms with van der Waals surface area (Å²) in [6, 6.07) is 1.98. The van der Waals surface area contributed by atoms with Crippen LogP contribution in [0.25, 0.3) is 0 Å². The Morgan fingerprint density at radius 3 is 2.71 bits per heavy atom. The summed E-state index contributed by atoms with van der Waals surface area (Å²) in [7, 11) is 1.75. The number of nitrogens with zero attached hydrogens (tertiary/aromatic N) is 4. The summed E-state index contributed by atoms with van der Waals surface area (Å²) in [6.45, 7) is 8.78. The largest absolute Gasteiger partial charge is 0.475 e. The van der Waals surface area contributed by atoms with Gasteiger partial charge in [0, 0.05) is 31.8 Å². The van der Waals surface area contributed by atoms with Crippen molar-refractivity contribution in [3.05, 3.63) is 29.6 Å². The van der Waals surface area contributed by atoms with Crippen LogP contribution < -0.4 is 9.64 Å². The molecule has 1 aliphatic rings. The Morgan fingerprint density at radius 1 is 1.29 bits per heavy atom. The van der Waals surface area contributed by atoms with Crippen LogP contribution in [0.5, 0.6) is 5.88 Å². The van der Waals surface area contributed by atoms with E-state index in [9.17, 15) is 0 Å². The van der Waals surface area contributed by atoms with E-state index in [1.807, 2.05) is 33.8 Å². The van der Waals surface area contributed by atoms with E-state index in [4.69, 9.17) is 9.47 Å². The third-order valence-corrected chi connectivity index (χ3v) is 4.34. The van der Waals surface area contributed by atoms with E-state index < -0.39 is 0 Å². The third kappa shape index (κ3) is 3.36. The van der Waals surface area contributed by atoms with Gasteiger partial charge >= 0.3 is 0 Å². The molecule has 1 fully saturated rings. The van der Waals surface area contributed by atoms with E-state index >= 15 is 0 Å². The second-order valence-electron chi connectivity index (χ2n) is 6.48. The number of ether oxygens (including phenoxy) is 2. The molecule has 7 heteroatoms. The van der Waals surface area contributed by atoms with Crippen molar-refractivity contribution in [3.63, 3.8) is 0 Å². The van der Waals surface area contributed by atoms with Crippen LogP contribution in [0.3, 0.4) is 0 Å². The van der Waals surface area contributed by atoms with Crippen LogP contribution in [0.2, 0.25) is 0 Å². The minimum atomic E-state index is 0.0734. The summed E-state index contributed by atoms with van der Waals surface area (Å²) in [6.07, 6.45) is 2.63. The maximum atomic E-state index is 5.70. The van der Waals surface area contributed by atoms with Gasteiger partial charge in [-0.1, -0.05) is 0 Å². The Labute approximate surface area is 142 Å². The van der Waals surface area contributed by atoms with Crippen LogP contribution in [0.15, 0.2) is 12.4 Å². The molecule has 0 aliphatic carbocycles. The lowest BCUT2D eigenvalue weighted by Crippen LogP contribution is -2.26. The van der Waals surface area contributed by atoms with E-state index in [-0.39, 0.29) is 18.2 Å². The summed E-state index contributed by atoms with van der Waals surface area (Å²) in [5.41, 5.74) is 2.12. The van der Waals surface area contributed by atoms with Crippen LogP contribution in [0.4, 0.5) is 5.82 Å². The van der Waals surface area contributed by atoms with Crippen molar-refractivity contribution < 1.29 is 9.47 Å². The molecular weight excluding hydrogens is 306 g/mol. The Bertz CT molecular complexity index is 681. The van der Waals surface area contributed by atoms with Gasteiger partial charge in [-0.15, -0.1) is 0 Å². The average Bonchev–Trinajstić information content (AvgIpc) is 3.11. The summed E-state index contributed by atoms with van der Waals surface area (Å²) < 4.78 is 11.3. The lowest BCUT2D eigenvalue weighted by Gasteiger charge is -2.24. The van der Waals surface area contributed by atoms with Crippen LogP contribution in [0, 0.1) is 13.8 Å². The van der Waals surface area contributed by atoms with Gasteiger partial charge in [0.1, 0.15) is 18.0 Å². The van der Waals surface area contributed by atoms with Gasteiger partial charge in [0.05, 0.1) is 23.9 Å². The van der Waals surface area contributed by atoms with Crippen molar-refractivity contribution in [2.45, 2.75) is 52.4 Å². The third-order valence-electron chi connectivity index (χ3n) is 4.34. The predicted molar refractivity (Wildman–Crippen MR) is 91.4 cm³/mol. The molecule has 0 unspecified atom stereocenters. The van der Waals surface area contributed by atoms with E-state index in [2.05, 4.69) is 24.8 Å². The first-order valence-electron chi connectivity index (χ1n) is 8.29. The van der Waals surface area contributed by atoms with Crippen molar-refractivity contribution >= 4 is 5.82 Å². The second kappa shape index (κ2) is 6.76. The highest BCUT2D eigenvalue weighted by molar-refractivity contribution is 5.45. The molecule has 2 atom stereocenters. The van der Waals surface area contributed by atoms with E-state index in [0.717, 1.165) is 36.0 Å². The van der Waals surface area contributed by atoms with Crippen LogP contribution >= 0.6 is 0 Å². The van der Waals surface area contributed by atoms with Crippen molar-refractivity contribution in [2.75, 3.05) is 18.6 Å². The number of aryl methyl sites for hydroxylation is 2. The molecule has 0 spiro atoms. The molecule has 0 radical (unpaired) electrons. The summed E-state index contributed by atoms with van der Waals surface area (Å²) in [4.78, 5) is 18.9. The zero-order valence-electron chi connectivity index (χ0n) is 14.9.